The number of hydrogen-bond donors (Lipinski definition) is 4. The summed E-state index contributed by atoms with van der Waals surface area (Å²) in [5.74, 6) is -1.87. The number of aromatic hydroxyl groups is 1. The molecular weight excluding hydrogens is 490 g/mol. The number of phenolic OH excluding ortho intramolecular Hbond substituents is 1. The van der Waals surface area contributed by atoms with Gasteiger partial charge in [0.05, 0.1) is 21.7 Å². The molecule has 1 aromatic carbocycles. The molecule has 3 rings (SSSR count). The van der Waals surface area contributed by atoms with Crippen molar-refractivity contribution >= 4 is 46.4 Å². The second-order valence-corrected chi connectivity index (χ2v) is 9.41. The second-order valence-electron chi connectivity index (χ2n) is 7.41. The number of amides is 3. The number of carbonyl (C=O) groups is 4. The minimum atomic E-state index is -1.11. The third-order valence-corrected chi connectivity index (χ3v) is 7.03. The third kappa shape index (κ3) is 6.90. The number of thiophene rings is 2. The molecular formula is C24H25N3O6S2. The molecule has 35 heavy (non-hydrogen) atoms. The van der Waals surface area contributed by atoms with Crippen molar-refractivity contribution in [1.82, 2.24) is 16.0 Å². The van der Waals surface area contributed by atoms with Gasteiger partial charge in [0.2, 0.25) is 0 Å². The van der Waals surface area contributed by atoms with E-state index < -0.39 is 17.9 Å². The molecule has 3 amide bonds. The van der Waals surface area contributed by atoms with Gasteiger partial charge in [0.25, 0.3) is 17.7 Å². The molecule has 0 bridgehead atoms. The smallest absolute Gasteiger partial charge is 0.330 e. The summed E-state index contributed by atoms with van der Waals surface area (Å²) in [6.45, 7) is 1.91. The van der Waals surface area contributed by atoms with E-state index in [9.17, 15) is 24.3 Å². The zero-order valence-electron chi connectivity index (χ0n) is 19.1. The summed E-state index contributed by atoms with van der Waals surface area (Å²) in [6, 6.07) is 10.5. The van der Waals surface area contributed by atoms with Crippen molar-refractivity contribution in [1.29, 1.82) is 0 Å². The van der Waals surface area contributed by atoms with Crippen molar-refractivity contribution in [3.05, 3.63) is 73.6 Å². The van der Waals surface area contributed by atoms with Gasteiger partial charge in [0.15, 0.2) is 0 Å². The van der Waals surface area contributed by atoms with Gasteiger partial charge < -0.3 is 25.8 Å². The Hall–Kier alpha value is -3.70. The van der Waals surface area contributed by atoms with Gasteiger partial charge in [-0.25, -0.2) is 4.79 Å². The van der Waals surface area contributed by atoms with Crippen LogP contribution in [0.3, 0.4) is 0 Å². The largest absolute Gasteiger partial charge is 0.508 e. The highest BCUT2D eigenvalue weighted by Gasteiger charge is 2.26. The van der Waals surface area contributed by atoms with Crippen molar-refractivity contribution < 1.29 is 29.0 Å². The SMILES string of the molecule is CCc1cc(C(=O)NCc2cccc(O)c2)sc1C(=O)NC(CNC(=O)c1cccs1)C(=O)OC. The van der Waals surface area contributed by atoms with Gasteiger partial charge >= 0.3 is 5.97 Å². The van der Waals surface area contributed by atoms with E-state index in [1.54, 1.807) is 41.8 Å². The Morgan fingerprint density at radius 2 is 1.77 bits per heavy atom. The predicted octanol–water partition coefficient (Wildman–Crippen LogP) is 2.71. The lowest BCUT2D eigenvalue weighted by Gasteiger charge is -2.17. The van der Waals surface area contributed by atoms with Crippen LogP contribution in [0.5, 0.6) is 5.75 Å². The number of methoxy groups -OCH3 is 1. The lowest BCUT2D eigenvalue weighted by Crippen LogP contribution is -2.48. The molecule has 184 valence electrons. The zero-order chi connectivity index (χ0) is 25.4. The van der Waals surface area contributed by atoms with Gasteiger partial charge in [-0.15, -0.1) is 22.7 Å². The van der Waals surface area contributed by atoms with Gasteiger partial charge in [-0.2, -0.15) is 0 Å². The van der Waals surface area contributed by atoms with Gasteiger partial charge in [-0.1, -0.05) is 25.1 Å². The number of carbonyl (C=O) groups excluding carboxylic acids is 4. The van der Waals surface area contributed by atoms with E-state index in [0.717, 1.165) is 16.9 Å². The molecule has 0 fully saturated rings. The van der Waals surface area contributed by atoms with Crippen LogP contribution in [0.15, 0.2) is 47.8 Å². The number of phenols is 1. The summed E-state index contributed by atoms with van der Waals surface area (Å²) >= 11 is 2.27. The minimum Gasteiger partial charge on any atom is -0.508 e. The van der Waals surface area contributed by atoms with Crippen molar-refractivity contribution in [2.24, 2.45) is 0 Å². The number of ether oxygens (including phenoxy) is 1. The molecule has 0 saturated heterocycles. The van der Waals surface area contributed by atoms with E-state index in [1.807, 2.05) is 6.92 Å². The standard InChI is InChI=1S/C24H25N3O6S2/c1-3-15-11-19(22(30)25-12-14-6-4-7-16(28)10-14)35-20(15)23(31)27-17(24(32)33-2)13-26-21(29)18-8-5-9-34-18/h4-11,17,28H,3,12-13H2,1-2H3,(H,25,30)(H,26,29)(H,27,31). The van der Waals surface area contributed by atoms with Gasteiger partial charge in [0.1, 0.15) is 11.8 Å². The average Bonchev–Trinajstić information content (AvgIpc) is 3.55. The molecule has 2 aromatic heterocycles. The third-order valence-electron chi connectivity index (χ3n) is 4.99. The first-order chi connectivity index (χ1) is 16.8. The lowest BCUT2D eigenvalue weighted by atomic mass is 10.1. The first-order valence-electron chi connectivity index (χ1n) is 10.7. The summed E-state index contributed by atoms with van der Waals surface area (Å²) in [4.78, 5) is 51.2. The van der Waals surface area contributed by atoms with Gasteiger partial charge in [-0.3, -0.25) is 14.4 Å². The van der Waals surface area contributed by atoms with Gasteiger partial charge in [0, 0.05) is 13.1 Å². The molecule has 0 saturated carbocycles. The van der Waals surface area contributed by atoms with E-state index in [0.29, 0.717) is 26.6 Å². The Bertz CT molecular complexity index is 1210. The van der Waals surface area contributed by atoms with E-state index in [4.69, 9.17) is 4.74 Å². The molecule has 11 heteroatoms. The van der Waals surface area contributed by atoms with E-state index in [-0.39, 0.29) is 30.7 Å². The van der Waals surface area contributed by atoms with Crippen LogP contribution in [-0.2, 0) is 22.5 Å². The Kier molecular flexibility index (Phi) is 8.98. The number of rotatable bonds is 10. The molecule has 3 aromatic rings. The molecule has 0 aliphatic rings. The maximum atomic E-state index is 13.0. The predicted molar refractivity (Wildman–Crippen MR) is 133 cm³/mol. The number of nitrogens with one attached hydrogen (secondary N) is 3. The summed E-state index contributed by atoms with van der Waals surface area (Å²) in [7, 11) is 1.19. The normalized spacial score (nSPS) is 11.4. The monoisotopic (exact) mass is 515 g/mol. The lowest BCUT2D eigenvalue weighted by molar-refractivity contribution is -0.142. The Morgan fingerprint density at radius 3 is 2.43 bits per heavy atom. The van der Waals surface area contributed by atoms with Crippen molar-refractivity contribution in [3.8, 4) is 5.75 Å². The summed E-state index contributed by atoms with van der Waals surface area (Å²) in [5.41, 5.74) is 1.38. The van der Waals surface area contributed by atoms with Crippen LogP contribution < -0.4 is 16.0 Å². The molecule has 0 aliphatic heterocycles. The van der Waals surface area contributed by atoms with Crippen molar-refractivity contribution in [3.63, 3.8) is 0 Å². The fraction of sp³-hybridized carbons (Fsp3) is 0.250. The number of benzene rings is 1. The highest BCUT2D eigenvalue weighted by molar-refractivity contribution is 7.16. The highest BCUT2D eigenvalue weighted by Crippen LogP contribution is 2.24. The van der Waals surface area contributed by atoms with E-state index in [2.05, 4.69) is 16.0 Å². The van der Waals surface area contributed by atoms with Crippen molar-refractivity contribution in [2.45, 2.75) is 25.9 Å². The Labute approximate surface area is 210 Å². The van der Waals surface area contributed by atoms with Crippen LogP contribution in [-0.4, -0.2) is 48.5 Å². The Balaban J connectivity index is 1.67. The van der Waals surface area contributed by atoms with Crippen LogP contribution in [0.1, 0.15) is 47.1 Å². The summed E-state index contributed by atoms with van der Waals surface area (Å²) < 4.78 is 4.77. The maximum absolute atomic E-state index is 13.0. The van der Waals surface area contributed by atoms with Crippen LogP contribution in [0, 0.1) is 0 Å². The van der Waals surface area contributed by atoms with E-state index in [1.165, 1.54) is 24.5 Å². The number of hydrogen-bond acceptors (Lipinski definition) is 8. The molecule has 0 radical (unpaired) electrons. The number of esters is 1. The van der Waals surface area contributed by atoms with Crippen LogP contribution in [0.25, 0.3) is 0 Å². The van der Waals surface area contributed by atoms with E-state index >= 15 is 0 Å². The topological polar surface area (TPSA) is 134 Å². The minimum absolute atomic E-state index is 0.104. The molecule has 1 atom stereocenters. The van der Waals surface area contributed by atoms with Crippen LogP contribution in [0.4, 0.5) is 0 Å². The fourth-order valence-electron chi connectivity index (χ4n) is 3.18. The summed E-state index contributed by atoms with van der Waals surface area (Å²) in [5, 5.41) is 19.3. The van der Waals surface area contributed by atoms with Crippen LogP contribution in [0.2, 0.25) is 0 Å². The Morgan fingerprint density at radius 1 is 1.00 bits per heavy atom. The summed E-state index contributed by atoms with van der Waals surface area (Å²) in [6.07, 6.45) is 0.497. The molecule has 0 spiro atoms. The zero-order valence-corrected chi connectivity index (χ0v) is 20.8. The first-order valence-corrected chi connectivity index (χ1v) is 12.4. The maximum Gasteiger partial charge on any atom is 0.330 e. The number of aryl methyl sites for hydroxylation is 1. The average molecular weight is 516 g/mol. The molecule has 2 heterocycles. The second kappa shape index (κ2) is 12.1. The quantitative estimate of drug-likeness (QED) is 0.307. The first kappa shape index (κ1) is 25.9. The van der Waals surface area contributed by atoms with Crippen LogP contribution >= 0.6 is 22.7 Å². The molecule has 9 nitrogen and oxygen atoms in total. The molecule has 4 N–H and O–H groups in total. The van der Waals surface area contributed by atoms with Crippen molar-refractivity contribution in [2.75, 3.05) is 13.7 Å². The fourth-order valence-corrected chi connectivity index (χ4v) is 4.89. The molecule has 1 unspecified atom stereocenters. The highest BCUT2D eigenvalue weighted by atomic mass is 32.1. The molecule has 0 aliphatic carbocycles. The van der Waals surface area contributed by atoms with Gasteiger partial charge in [-0.05, 0) is 47.2 Å².